The van der Waals surface area contributed by atoms with Gasteiger partial charge in [-0.15, -0.1) is 24.0 Å². The normalized spacial score (nSPS) is 17.5. The first-order chi connectivity index (χ1) is 11.2. The van der Waals surface area contributed by atoms with Gasteiger partial charge in [-0.25, -0.2) is 4.79 Å². The van der Waals surface area contributed by atoms with Crippen LogP contribution in [0.3, 0.4) is 0 Å². The molecule has 0 atom stereocenters. The van der Waals surface area contributed by atoms with Gasteiger partial charge >= 0.3 is 6.03 Å². The molecule has 0 unspecified atom stereocenters. The van der Waals surface area contributed by atoms with E-state index in [9.17, 15) is 9.59 Å². The maximum absolute atomic E-state index is 11.5. The highest BCUT2D eigenvalue weighted by Gasteiger charge is 2.27. The van der Waals surface area contributed by atoms with Crippen molar-refractivity contribution >= 4 is 41.9 Å². The molecule has 0 aromatic heterocycles. The predicted molar refractivity (Wildman–Crippen MR) is 103 cm³/mol. The van der Waals surface area contributed by atoms with Gasteiger partial charge in [0.2, 0.25) is 5.91 Å². The molecular weight excluding hydrogens is 425 g/mol. The molecule has 1 aliphatic heterocycles. The lowest BCUT2D eigenvalue weighted by Crippen LogP contribution is -2.43. The minimum Gasteiger partial charge on any atom is -0.381 e. The molecule has 2 rings (SSSR count). The maximum Gasteiger partial charge on any atom is 0.324 e. The molecule has 0 spiro atoms. The van der Waals surface area contributed by atoms with Crippen molar-refractivity contribution < 1.29 is 14.3 Å². The van der Waals surface area contributed by atoms with Gasteiger partial charge in [-0.1, -0.05) is 0 Å². The fourth-order valence-corrected chi connectivity index (χ4v) is 2.20. The van der Waals surface area contributed by atoms with E-state index in [2.05, 4.69) is 20.9 Å². The Morgan fingerprint density at radius 3 is 2.79 bits per heavy atom. The Balaban J connectivity index is 0.00000288. The summed E-state index contributed by atoms with van der Waals surface area (Å²) in [6.45, 7) is 5.95. The SMILES string of the molecule is CCNC(=NCCCOCC1CC1)NCCN1C(=O)CNC1=O.I. The number of ether oxygens (including phenoxy) is 1. The van der Waals surface area contributed by atoms with Gasteiger partial charge in [0.1, 0.15) is 0 Å². The van der Waals surface area contributed by atoms with Gasteiger partial charge in [-0.05, 0) is 32.1 Å². The number of hydrogen-bond acceptors (Lipinski definition) is 4. The van der Waals surface area contributed by atoms with Crippen LogP contribution in [0.5, 0.6) is 0 Å². The Kier molecular flexibility index (Phi) is 9.99. The number of nitrogens with zero attached hydrogens (tertiary/aromatic N) is 2. The summed E-state index contributed by atoms with van der Waals surface area (Å²) in [5.74, 6) is 1.30. The van der Waals surface area contributed by atoms with Crippen molar-refractivity contribution in [1.29, 1.82) is 0 Å². The molecule has 0 radical (unpaired) electrons. The number of halogens is 1. The molecule has 1 aliphatic carbocycles. The van der Waals surface area contributed by atoms with E-state index in [1.807, 2.05) is 6.92 Å². The van der Waals surface area contributed by atoms with E-state index in [-0.39, 0.29) is 42.5 Å². The fourth-order valence-electron chi connectivity index (χ4n) is 2.20. The molecule has 8 nitrogen and oxygen atoms in total. The quantitative estimate of drug-likeness (QED) is 0.148. The highest BCUT2D eigenvalue weighted by Crippen LogP contribution is 2.28. The summed E-state index contributed by atoms with van der Waals surface area (Å²) in [4.78, 5) is 28.6. The van der Waals surface area contributed by atoms with E-state index >= 15 is 0 Å². The van der Waals surface area contributed by atoms with E-state index in [1.165, 1.54) is 17.7 Å². The third-order valence-electron chi connectivity index (χ3n) is 3.68. The molecule has 1 saturated heterocycles. The second kappa shape index (κ2) is 11.5. The number of urea groups is 1. The van der Waals surface area contributed by atoms with Crippen molar-refractivity contribution in [2.45, 2.75) is 26.2 Å². The van der Waals surface area contributed by atoms with Crippen LogP contribution in [0.15, 0.2) is 4.99 Å². The van der Waals surface area contributed by atoms with Gasteiger partial charge in [0.25, 0.3) is 0 Å². The van der Waals surface area contributed by atoms with Crippen LogP contribution in [-0.2, 0) is 9.53 Å². The van der Waals surface area contributed by atoms with Gasteiger partial charge in [-0.2, -0.15) is 0 Å². The van der Waals surface area contributed by atoms with Crippen LogP contribution < -0.4 is 16.0 Å². The first-order valence-corrected chi connectivity index (χ1v) is 8.38. The molecule has 3 N–H and O–H groups in total. The van der Waals surface area contributed by atoms with Gasteiger partial charge in [0, 0.05) is 39.4 Å². The molecule has 138 valence electrons. The molecule has 0 aromatic carbocycles. The molecule has 24 heavy (non-hydrogen) atoms. The van der Waals surface area contributed by atoms with E-state index in [4.69, 9.17) is 4.74 Å². The van der Waals surface area contributed by atoms with Gasteiger partial charge in [-0.3, -0.25) is 14.7 Å². The number of carbonyl (C=O) groups excluding carboxylic acids is 2. The second-order valence-electron chi connectivity index (χ2n) is 5.76. The highest BCUT2D eigenvalue weighted by atomic mass is 127. The maximum atomic E-state index is 11.5. The van der Waals surface area contributed by atoms with Crippen molar-refractivity contribution in [2.24, 2.45) is 10.9 Å². The zero-order valence-corrected chi connectivity index (χ0v) is 16.5. The van der Waals surface area contributed by atoms with Crippen molar-refractivity contribution in [3.8, 4) is 0 Å². The average Bonchev–Trinajstić information content (AvgIpc) is 3.31. The summed E-state index contributed by atoms with van der Waals surface area (Å²) in [7, 11) is 0. The summed E-state index contributed by atoms with van der Waals surface area (Å²) in [5, 5.41) is 8.77. The van der Waals surface area contributed by atoms with Crippen molar-refractivity contribution in [3.05, 3.63) is 0 Å². The zero-order valence-electron chi connectivity index (χ0n) is 14.2. The largest absolute Gasteiger partial charge is 0.381 e. The molecule has 3 amide bonds. The van der Waals surface area contributed by atoms with Gasteiger partial charge < -0.3 is 20.7 Å². The van der Waals surface area contributed by atoms with Crippen LogP contribution in [0.25, 0.3) is 0 Å². The lowest BCUT2D eigenvalue weighted by atomic mass is 10.4. The summed E-state index contributed by atoms with van der Waals surface area (Å²) < 4.78 is 5.57. The van der Waals surface area contributed by atoms with Crippen LogP contribution in [0.2, 0.25) is 0 Å². The number of hydrogen-bond donors (Lipinski definition) is 3. The van der Waals surface area contributed by atoms with E-state index in [1.54, 1.807) is 0 Å². The van der Waals surface area contributed by atoms with Crippen LogP contribution >= 0.6 is 24.0 Å². The van der Waals surface area contributed by atoms with Crippen LogP contribution in [-0.4, -0.2) is 68.7 Å². The lowest BCUT2D eigenvalue weighted by molar-refractivity contribution is -0.124. The predicted octanol–water partition coefficient (Wildman–Crippen LogP) is 0.528. The fraction of sp³-hybridized carbons (Fsp3) is 0.800. The first-order valence-electron chi connectivity index (χ1n) is 8.38. The van der Waals surface area contributed by atoms with Crippen LogP contribution in [0.1, 0.15) is 26.2 Å². The molecule has 0 aromatic rings. The zero-order chi connectivity index (χ0) is 16.5. The Labute approximate surface area is 160 Å². The lowest BCUT2D eigenvalue weighted by Gasteiger charge is -2.15. The Hall–Kier alpha value is -1.10. The summed E-state index contributed by atoms with van der Waals surface area (Å²) in [5.41, 5.74) is 0. The number of imide groups is 1. The first kappa shape index (κ1) is 20.9. The van der Waals surface area contributed by atoms with Crippen LogP contribution in [0, 0.1) is 5.92 Å². The van der Waals surface area contributed by atoms with Crippen molar-refractivity contribution in [3.63, 3.8) is 0 Å². The van der Waals surface area contributed by atoms with Gasteiger partial charge in [0.15, 0.2) is 5.96 Å². The number of rotatable bonds is 10. The van der Waals surface area contributed by atoms with E-state index in [0.717, 1.165) is 32.1 Å². The molecule has 2 aliphatic rings. The number of carbonyl (C=O) groups is 2. The molecule has 2 fully saturated rings. The number of amides is 3. The Bertz CT molecular complexity index is 427. The number of aliphatic imine (C=N–C) groups is 1. The average molecular weight is 453 g/mol. The summed E-state index contributed by atoms with van der Waals surface area (Å²) >= 11 is 0. The topological polar surface area (TPSA) is 95.1 Å². The van der Waals surface area contributed by atoms with Gasteiger partial charge in [0.05, 0.1) is 6.54 Å². The molecule has 9 heteroatoms. The van der Waals surface area contributed by atoms with Crippen molar-refractivity contribution in [1.82, 2.24) is 20.9 Å². The molecular formula is C15H28IN5O3. The minimum absolute atomic E-state index is 0. The second-order valence-corrected chi connectivity index (χ2v) is 5.76. The van der Waals surface area contributed by atoms with Crippen LogP contribution in [0.4, 0.5) is 4.79 Å². The molecule has 0 bridgehead atoms. The summed E-state index contributed by atoms with van der Waals surface area (Å²) in [6, 6.07) is -0.327. The third-order valence-corrected chi connectivity index (χ3v) is 3.68. The van der Waals surface area contributed by atoms with E-state index in [0.29, 0.717) is 25.6 Å². The Morgan fingerprint density at radius 1 is 1.38 bits per heavy atom. The number of nitrogens with one attached hydrogen (secondary N) is 3. The molecule has 1 saturated carbocycles. The van der Waals surface area contributed by atoms with Crippen molar-refractivity contribution in [2.75, 3.05) is 45.9 Å². The van der Waals surface area contributed by atoms with E-state index < -0.39 is 0 Å². The Morgan fingerprint density at radius 2 is 2.17 bits per heavy atom. The number of guanidine groups is 1. The molecule has 1 heterocycles. The monoisotopic (exact) mass is 453 g/mol. The standard InChI is InChI=1S/C15H27N5O3.HI/c1-2-16-14(17-6-3-9-23-11-12-4-5-12)18-7-8-20-13(21)10-19-15(20)22;/h12H,2-11H2,1H3,(H,19,22)(H2,16,17,18);1H. The summed E-state index contributed by atoms with van der Waals surface area (Å²) in [6.07, 6.45) is 3.50. The smallest absolute Gasteiger partial charge is 0.324 e. The highest BCUT2D eigenvalue weighted by molar-refractivity contribution is 14.0. The third kappa shape index (κ3) is 7.65. The minimum atomic E-state index is -0.327.